The highest BCUT2D eigenvalue weighted by molar-refractivity contribution is 7.13. The maximum Gasteiger partial charge on any atom is 0.231 e. The number of hydrogen-bond donors (Lipinski definition) is 1. The largest absolute Gasteiger partial charge is 0.337 e. The number of rotatable bonds is 2. The minimum atomic E-state index is -0.277. The van der Waals surface area contributed by atoms with Gasteiger partial charge in [0, 0.05) is 30.1 Å². The highest BCUT2D eigenvalue weighted by Crippen LogP contribution is 2.26. The molecule has 1 fully saturated rings. The van der Waals surface area contributed by atoms with Crippen molar-refractivity contribution >= 4 is 28.3 Å². The van der Waals surface area contributed by atoms with Gasteiger partial charge in [0.2, 0.25) is 11.8 Å². The van der Waals surface area contributed by atoms with Crippen LogP contribution in [0.2, 0.25) is 0 Å². The van der Waals surface area contributed by atoms with Crippen molar-refractivity contribution in [1.29, 1.82) is 0 Å². The van der Waals surface area contributed by atoms with Crippen molar-refractivity contribution in [3.05, 3.63) is 11.6 Å². The van der Waals surface area contributed by atoms with Crippen LogP contribution in [0.4, 0.5) is 5.13 Å². The van der Waals surface area contributed by atoms with Crippen molar-refractivity contribution in [2.75, 3.05) is 11.9 Å². The van der Waals surface area contributed by atoms with E-state index >= 15 is 0 Å². The van der Waals surface area contributed by atoms with Gasteiger partial charge in [-0.25, -0.2) is 4.98 Å². The highest BCUT2D eigenvalue weighted by atomic mass is 32.1. The number of nitrogens with zero attached hydrogens (tertiary/aromatic N) is 2. The van der Waals surface area contributed by atoms with Crippen molar-refractivity contribution in [2.45, 2.75) is 32.7 Å². The smallest absolute Gasteiger partial charge is 0.231 e. The van der Waals surface area contributed by atoms with Gasteiger partial charge in [-0.15, -0.1) is 11.3 Å². The molecule has 2 amide bonds. The maximum absolute atomic E-state index is 12.0. The molecule has 0 spiro atoms. The Kier molecular flexibility index (Phi) is 3.38. The lowest BCUT2D eigenvalue weighted by molar-refractivity contribution is -0.131. The normalized spacial score (nSPS) is 20.3. The van der Waals surface area contributed by atoms with E-state index in [2.05, 4.69) is 10.3 Å². The van der Waals surface area contributed by atoms with Crippen molar-refractivity contribution < 1.29 is 9.59 Å². The number of aromatic nitrogens is 1. The molecule has 1 saturated heterocycles. The highest BCUT2D eigenvalue weighted by Gasteiger charge is 2.39. The number of anilines is 1. The summed E-state index contributed by atoms with van der Waals surface area (Å²) in [6.45, 7) is 6.42. The fourth-order valence-electron chi connectivity index (χ4n) is 2.02. The van der Waals surface area contributed by atoms with Crippen LogP contribution < -0.4 is 5.32 Å². The number of likely N-dealkylation sites (tertiary alicyclic amines) is 1. The first-order valence-corrected chi connectivity index (χ1v) is 6.77. The molecule has 1 aliphatic heterocycles. The molecule has 0 aliphatic carbocycles. The van der Waals surface area contributed by atoms with Crippen LogP contribution in [0.5, 0.6) is 0 Å². The average molecular weight is 267 g/mol. The van der Waals surface area contributed by atoms with Crippen LogP contribution in [0.25, 0.3) is 0 Å². The van der Waals surface area contributed by atoms with Gasteiger partial charge in [-0.2, -0.15) is 0 Å². The van der Waals surface area contributed by atoms with Gasteiger partial charge < -0.3 is 10.2 Å². The van der Waals surface area contributed by atoms with Gasteiger partial charge >= 0.3 is 0 Å². The third kappa shape index (κ3) is 2.69. The first-order chi connectivity index (χ1) is 8.38. The van der Waals surface area contributed by atoms with Crippen LogP contribution in [0, 0.1) is 5.92 Å². The third-order valence-corrected chi connectivity index (χ3v) is 3.66. The van der Waals surface area contributed by atoms with Crippen LogP contribution in [-0.4, -0.2) is 33.8 Å². The zero-order chi connectivity index (χ0) is 13.3. The molecule has 98 valence electrons. The van der Waals surface area contributed by atoms with Crippen LogP contribution >= 0.6 is 11.3 Å². The predicted molar refractivity (Wildman–Crippen MR) is 70.3 cm³/mol. The van der Waals surface area contributed by atoms with E-state index in [-0.39, 0.29) is 29.7 Å². The van der Waals surface area contributed by atoms with Gasteiger partial charge in [-0.05, 0) is 20.8 Å². The third-order valence-electron chi connectivity index (χ3n) is 2.97. The number of thiazole rings is 1. The predicted octanol–water partition coefficient (Wildman–Crippen LogP) is 1.73. The van der Waals surface area contributed by atoms with Gasteiger partial charge in [0.05, 0.1) is 5.92 Å². The molecule has 18 heavy (non-hydrogen) atoms. The standard InChI is InChI=1S/C12H17N3O2S/c1-12(2,3)15-7-8(6-9(15)16)10(17)14-11-13-4-5-18-11/h4-5,8H,6-7H2,1-3H3,(H,13,14,17). The molecular formula is C12H17N3O2S. The van der Waals surface area contributed by atoms with E-state index < -0.39 is 0 Å². The van der Waals surface area contributed by atoms with Gasteiger partial charge in [0.25, 0.3) is 0 Å². The summed E-state index contributed by atoms with van der Waals surface area (Å²) >= 11 is 1.38. The Labute approximate surface area is 110 Å². The summed E-state index contributed by atoms with van der Waals surface area (Å²) in [5, 5.41) is 5.13. The van der Waals surface area contributed by atoms with E-state index in [4.69, 9.17) is 0 Å². The quantitative estimate of drug-likeness (QED) is 0.887. The molecule has 6 heteroatoms. The van der Waals surface area contributed by atoms with Gasteiger partial charge in [-0.3, -0.25) is 9.59 Å². The Balaban J connectivity index is 2.00. The number of carbonyl (C=O) groups is 2. The molecule has 0 saturated carbocycles. The van der Waals surface area contributed by atoms with Crippen molar-refractivity contribution in [2.24, 2.45) is 5.92 Å². The summed E-state index contributed by atoms with van der Waals surface area (Å²) < 4.78 is 0. The van der Waals surface area contributed by atoms with Crippen LogP contribution in [0.3, 0.4) is 0 Å². The molecule has 1 unspecified atom stereocenters. The summed E-state index contributed by atoms with van der Waals surface area (Å²) in [6.07, 6.45) is 1.93. The fourth-order valence-corrected chi connectivity index (χ4v) is 2.56. The maximum atomic E-state index is 12.0. The Morgan fingerprint density at radius 2 is 2.28 bits per heavy atom. The summed E-state index contributed by atoms with van der Waals surface area (Å²) in [4.78, 5) is 29.6. The topological polar surface area (TPSA) is 62.3 Å². The molecule has 1 aliphatic rings. The Hall–Kier alpha value is -1.43. The lowest BCUT2D eigenvalue weighted by Gasteiger charge is -2.31. The molecule has 0 radical (unpaired) electrons. The van der Waals surface area contributed by atoms with E-state index in [1.54, 1.807) is 16.5 Å². The summed E-state index contributed by atoms with van der Waals surface area (Å²) in [6, 6.07) is 0. The first-order valence-electron chi connectivity index (χ1n) is 5.89. The molecule has 2 heterocycles. The van der Waals surface area contributed by atoms with E-state index in [0.29, 0.717) is 11.7 Å². The van der Waals surface area contributed by atoms with E-state index in [0.717, 1.165) is 0 Å². The molecule has 1 N–H and O–H groups in total. The van der Waals surface area contributed by atoms with E-state index in [9.17, 15) is 9.59 Å². The lowest BCUT2D eigenvalue weighted by Crippen LogP contribution is -2.42. The number of hydrogen-bond acceptors (Lipinski definition) is 4. The molecule has 1 aromatic rings. The zero-order valence-corrected chi connectivity index (χ0v) is 11.6. The lowest BCUT2D eigenvalue weighted by atomic mass is 10.1. The summed E-state index contributed by atoms with van der Waals surface area (Å²) in [5.74, 6) is -0.354. The van der Waals surface area contributed by atoms with Crippen LogP contribution in [-0.2, 0) is 9.59 Å². The Morgan fingerprint density at radius 1 is 1.56 bits per heavy atom. The number of amides is 2. The zero-order valence-electron chi connectivity index (χ0n) is 10.8. The van der Waals surface area contributed by atoms with Gasteiger partial charge in [-0.1, -0.05) is 0 Å². The molecule has 2 rings (SSSR count). The van der Waals surface area contributed by atoms with E-state index in [1.165, 1.54) is 11.3 Å². The SMILES string of the molecule is CC(C)(C)N1CC(C(=O)Nc2nccs2)CC1=O. The average Bonchev–Trinajstić information content (AvgIpc) is 2.85. The molecule has 5 nitrogen and oxygen atoms in total. The van der Waals surface area contributed by atoms with Crippen LogP contribution in [0.1, 0.15) is 27.2 Å². The first kappa shape index (κ1) is 13.0. The molecule has 1 atom stereocenters. The van der Waals surface area contributed by atoms with Gasteiger partial charge in [0.1, 0.15) is 0 Å². The molecule has 0 aromatic carbocycles. The van der Waals surface area contributed by atoms with Crippen molar-refractivity contribution in [3.63, 3.8) is 0 Å². The van der Waals surface area contributed by atoms with Crippen LogP contribution in [0.15, 0.2) is 11.6 Å². The molecule has 1 aromatic heterocycles. The van der Waals surface area contributed by atoms with Gasteiger partial charge in [0.15, 0.2) is 5.13 Å². The Bertz CT molecular complexity index is 450. The summed E-state index contributed by atoms with van der Waals surface area (Å²) in [5.41, 5.74) is -0.229. The Morgan fingerprint density at radius 3 is 2.78 bits per heavy atom. The molecule has 0 bridgehead atoms. The monoisotopic (exact) mass is 267 g/mol. The second-order valence-electron chi connectivity index (χ2n) is 5.40. The number of nitrogens with one attached hydrogen (secondary N) is 1. The van der Waals surface area contributed by atoms with Crippen molar-refractivity contribution in [3.8, 4) is 0 Å². The molecular weight excluding hydrogens is 250 g/mol. The minimum Gasteiger partial charge on any atom is -0.337 e. The second kappa shape index (κ2) is 4.68. The second-order valence-corrected chi connectivity index (χ2v) is 6.30. The van der Waals surface area contributed by atoms with Crippen molar-refractivity contribution in [1.82, 2.24) is 9.88 Å². The minimum absolute atomic E-state index is 0.0433. The number of carbonyl (C=O) groups excluding carboxylic acids is 2. The fraction of sp³-hybridized carbons (Fsp3) is 0.583. The van der Waals surface area contributed by atoms with E-state index in [1.807, 2.05) is 20.8 Å². The summed E-state index contributed by atoms with van der Waals surface area (Å²) in [7, 11) is 0.